The van der Waals surface area contributed by atoms with Crippen molar-refractivity contribution >= 4 is 0 Å². The van der Waals surface area contributed by atoms with Gasteiger partial charge >= 0.3 is 0 Å². The number of halogens is 2. The second-order valence-electron chi connectivity index (χ2n) is 3.86. The largest absolute Gasteiger partial charge is 0.487 e. The minimum Gasteiger partial charge on any atom is -0.487 e. The number of ether oxygens (including phenoxy) is 2. The quantitative estimate of drug-likeness (QED) is 0.853. The molecule has 88 valence electrons. The third-order valence-corrected chi connectivity index (χ3v) is 2.69. The molecule has 1 aromatic rings. The zero-order valence-corrected chi connectivity index (χ0v) is 8.82. The zero-order chi connectivity index (χ0) is 11.7. The lowest BCUT2D eigenvalue weighted by Gasteiger charge is -2.40. The number of nitrogens with two attached hydrogens (primary N) is 1. The molecule has 0 radical (unpaired) electrons. The smallest absolute Gasteiger partial charge is 0.129 e. The molecule has 5 heteroatoms. The molecule has 3 unspecified atom stereocenters. The first-order valence-electron chi connectivity index (χ1n) is 5.01. The van der Waals surface area contributed by atoms with Gasteiger partial charge in [0, 0.05) is 37.8 Å². The summed E-state index contributed by atoms with van der Waals surface area (Å²) in [5.41, 5.74) is 5.68. The van der Waals surface area contributed by atoms with Crippen molar-refractivity contribution in [2.24, 2.45) is 5.73 Å². The van der Waals surface area contributed by atoms with E-state index in [4.69, 9.17) is 15.2 Å². The number of rotatable bonds is 3. The first-order valence-corrected chi connectivity index (χ1v) is 5.01. The lowest BCUT2D eigenvalue weighted by Crippen LogP contribution is -2.59. The fourth-order valence-electron chi connectivity index (χ4n) is 1.83. The van der Waals surface area contributed by atoms with Gasteiger partial charge in [-0.15, -0.1) is 0 Å². The van der Waals surface area contributed by atoms with Gasteiger partial charge in [-0.2, -0.15) is 0 Å². The summed E-state index contributed by atoms with van der Waals surface area (Å²) in [4.78, 5) is 0. The van der Waals surface area contributed by atoms with E-state index in [1.165, 1.54) is 7.11 Å². The summed E-state index contributed by atoms with van der Waals surface area (Å²) >= 11 is 0. The first-order chi connectivity index (χ1) is 7.60. The maximum Gasteiger partial charge on any atom is 0.129 e. The van der Waals surface area contributed by atoms with Gasteiger partial charge in [-0.05, 0) is 0 Å². The highest BCUT2D eigenvalue weighted by atomic mass is 19.1. The van der Waals surface area contributed by atoms with Crippen molar-refractivity contribution in [3.63, 3.8) is 0 Å². The number of methoxy groups -OCH3 is 1. The van der Waals surface area contributed by atoms with Crippen LogP contribution in [0.5, 0.6) is 5.75 Å². The standard InChI is InChI=1S/C11H13F2NO2/c1-15-11-9(14)5-10(11)16-8-3-6(12)2-7(13)4-8/h2-4,9-11H,5,14H2,1H3. The molecule has 0 heterocycles. The van der Waals surface area contributed by atoms with E-state index in [9.17, 15) is 8.78 Å². The Kier molecular flexibility index (Phi) is 3.07. The summed E-state index contributed by atoms with van der Waals surface area (Å²) in [6.45, 7) is 0. The molecule has 0 aliphatic heterocycles. The van der Waals surface area contributed by atoms with E-state index in [-0.39, 0.29) is 24.0 Å². The predicted molar refractivity (Wildman–Crippen MR) is 54.2 cm³/mol. The van der Waals surface area contributed by atoms with Gasteiger partial charge in [-0.1, -0.05) is 0 Å². The van der Waals surface area contributed by atoms with Crippen LogP contribution in [0.3, 0.4) is 0 Å². The Bertz CT molecular complexity index is 366. The Morgan fingerprint density at radius 3 is 2.38 bits per heavy atom. The summed E-state index contributed by atoms with van der Waals surface area (Å²) in [6.07, 6.45) is 0.170. The van der Waals surface area contributed by atoms with Crippen molar-refractivity contribution in [2.75, 3.05) is 7.11 Å². The lowest BCUT2D eigenvalue weighted by atomic mass is 9.86. The molecule has 1 fully saturated rings. The molecule has 1 saturated carbocycles. The number of benzene rings is 1. The summed E-state index contributed by atoms with van der Waals surface area (Å²) in [7, 11) is 1.53. The fraction of sp³-hybridized carbons (Fsp3) is 0.455. The highest BCUT2D eigenvalue weighted by Crippen LogP contribution is 2.28. The van der Waals surface area contributed by atoms with Crippen LogP contribution in [-0.2, 0) is 4.74 Å². The number of hydrogen-bond donors (Lipinski definition) is 1. The molecule has 1 aromatic carbocycles. The van der Waals surface area contributed by atoms with Crippen LogP contribution >= 0.6 is 0 Å². The van der Waals surface area contributed by atoms with Crippen LogP contribution in [0.15, 0.2) is 18.2 Å². The Morgan fingerprint density at radius 1 is 1.25 bits per heavy atom. The molecule has 2 N–H and O–H groups in total. The van der Waals surface area contributed by atoms with Crippen LogP contribution in [-0.4, -0.2) is 25.4 Å². The molecule has 3 atom stereocenters. The Balaban J connectivity index is 2.04. The molecule has 0 bridgehead atoms. The van der Waals surface area contributed by atoms with Gasteiger partial charge in [0.15, 0.2) is 0 Å². The van der Waals surface area contributed by atoms with Crippen LogP contribution in [0.25, 0.3) is 0 Å². The first kappa shape index (κ1) is 11.3. The SMILES string of the molecule is COC1C(N)CC1Oc1cc(F)cc(F)c1. The molecular weight excluding hydrogens is 216 g/mol. The van der Waals surface area contributed by atoms with Crippen LogP contribution in [0.4, 0.5) is 8.78 Å². The van der Waals surface area contributed by atoms with Crippen LogP contribution in [0, 0.1) is 11.6 Å². The summed E-state index contributed by atoms with van der Waals surface area (Å²) in [6, 6.07) is 3.00. The second kappa shape index (κ2) is 4.35. The van der Waals surface area contributed by atoms with Crippen molar-refractivity contribution in [3.05, 3.63) is 29.8 Å². The molecule has 0 spiro atoms. The van der Waals surface area contributed by atoms with Crippen molar-refractivity contribution < 1.29 is 18.3 Å². The van der Waals surface area contributed by atoms with Gasteiger partial charge in [-0.25, -0.2) is 8.78 Å². The third-order valence-electron chi connectivity index (χ3n) is 2.69. The van der Waals surface area contributed by atoms with E-state index >= 15 is 0 Å². The van der Waals surface area contributed by atoms with Gasteiger partial charge in [0.1, 0.15) is 29.6 Å². The molecule has 2 rings (SSSR count). The van der Waals surface area contributed by atoms with E-state index < -0.39 is 11.6 Å². The van der Waals surface area contributed by atoms with Crippen molar-refractivity contribution in [3.8, 4) is 5.75 Å². The topological polar surface area (TPSA) is 44.5 Å². The summed E-state index contributed by atoms with van der Waals surface area (Å²) in [5, 5.41) is 0. The zero-order valence-electron chi connectivity index (χ0n) is 8.82. The van der Waals surface area contributed by atoms with E-state index in [0.29, 0.717) is 6.42 Å². The average molecular weight is 229 g/mol. The molecule has 0 aromatic heterocycles. The van der Waals surface area contributed by atoms with E-state index in [0.717, 1.165) is 18.2 Å². The van der Waals surface area contributed by atoms with Gasteiger partial charge in [0.25, 0.3) is 0 Å². The second-order valence-corrected chi connectivity index (χ2v) is 3.86. The van der Waals surface area contributed by atoms with Crippen LogP contribution in [0.2, 0.25) is 0 Å². The average Bonchev–Trinajstić information content (AvgIpc) is 2.15. The van der Waals surface area contributed by atoms with E-state index in [2.05, 4.69) is 0 Å². The molecule has 1 aliphatic carbocycles. The van der Waals surface area contributed by atoms with Gasteiger partial charge in [0.05, 0.1) is 0 Å². The molecule has 16 heavy (non-hydrogen) atoms. The van der Waals surface area contributed by atoms with Crippen molar-refractivity contribution in [1.82, 2.24) is 0 Å². The number of hydrogen-bond acceptors (Lipinski definition) is 3. The normalized spacial score (nSPS) is 28.6. The third kappa shape index (κ3) is 2.15. The minimum atomic E-state index is -0.660. The maximum absolute atomic E-state index is 12.9. The molecule has 1 aliphatic rings. The molecule has 0 saturated heterocycles. The Labute approximate surface area is 92.1 Å². The molecule has 3 nitrogen and oxygen atoms in total. The summed E-state index contributed by atoms with van der Waals surface area (Å²) in [5.74, 6) is -1.16. The Morgan fingerprint density at radius 2 is 1.88 bits per heavy atom. The lowest BCUT2D eigenvalue weighted by molar-refractivity contribution is -0.0783. The van der Waals surface area contributed by atoms with Crippen LogP contribution < -0.4 is 10.5 Å². The maximum atomic E-state index is 12.9. The fourth-order valence-corrected chi connectivity index (χ4v) is 1.83. The van der Waals surface area contributed by atoms with Gasteiger partial charge in [0.2, 0.25) is 0 Å². The highest BCUT2D eigenvalue weighted by molar-refractivity contribution is 5.24. The van der Waals surface area contributed by atoms with Gasteiger partial charge < -0.3 is 15.2 Å². The van der Waals surface area contributed by atoms with Gasteiger partial charge in [-0.3, -0.25) is 0 Å². The Hall–Kier alpha value is -1.20. The van der Waals surface area contributed by atoms with Crippen molar-refractivity contribution in [2.45, 2.75) is 24.7 Å². The summed E-state index contributed by atoms with van der Waals surface area (Å²) < 4.78 is 36.3. The molecular formula is C11H13F2NO2. The van der Waals surface area contributed by atoms with E-state index in [1.807, 2.05) is 0 Å². The van der Waals surface area contributed by atoms with Crippen LogP contribution in [0.1, 0.15) is 6.42 Å². The predicted octanol–water partition coefficient (Wildman–Crippen LogP) is 1.46. The minimum absolute atomic E-state index is 0.0755. The van der Waals surface area contributed by atoms with E-state index in [1.54, 1.807) is 0 Å². The molecule has 0 amide bonds. The van der Waals surface area contributed by atoms with Crippen molar-refractivity contribution in [1.29, 1.82) is 0 Å². The highest BCUT2D eigenvalue weighted by Gasteiger charge is 2.40. The monoisotopic (exact) mass is 229 g/mol.